The van der Waals surface area contributed by atoms with Crippen molar-refractivity contribution in [3.05, 3.63) is 29.5 Å². The molecule has 6 heteroatoms. The van der Waals surface area contributed by atoms with Crippen molar-refractivity contribution >= 4 is 22.8 Å². The average Bonchev–Trinajstić information content (AvgIpc) is 2.70. The van der Waals surface area contributed by atoms with Crippen LogP contribution in [-0.4, -0.2) is 25.6 Å². The molecule has 0 unspecified atom stereocenters. The Morgan fingerprint density at radius 1 is 1.37 bits per heavy atom. The Kier molecular flexibility index (Phi) is 3.41. The molecule has 0 fully saturated rings. The minimum absolute atomic E-state index is 0.226. The summed E-state index contributed by atoms with van der Waals surface area (Å²) in [5.74, 6) is -0.161. The number of fused-ring (bicyclic) bond motifs is 1. The van der Waals surface area contributed by atoms with E-state index in [0.717, 1.165) is 0 Å². The number of benzene rings is 1. The topological polar surface area (TPSA) is 91.8 Å². The highest BCUT2D eigenvalue weighted by Crippen LogP contribution is 2.29. The number of primary amides is 1. The van der Waals surface area contributed by atoms with Gasteiger partial charge in [0.2, 0.25) is 0 Å². The van der Waals surface area contributed by atoms with Crippen molar-refractivity contribution in [2.75, 3.05) is 13.7 Å². The van der Waals surface area contributed by atoms with Crippen LogP contribution in [0.2, 0.25) is 0 Å². The van der Waals surface area contributed by atoms with E-state index in [4.69, 9.17) is 19.6 Å². The first-order chi connectivity index (χ1) is 9.02. The summed E-state index contributed by atoms with van der Waals surface area (Å²) in [7, 11) is 1.30. The zero-order valence-corrected chi connectivity index (χ0v) is 10.6. The molecule has 0 spiro atoms. The number of esters is 1. The predicted molar refractivity (Wildman–Crippen MR) is 67.0 cm³/mol. The average molecular weight is 263 g/mol. The van der Waals surface area contributed by atoms with E-state index in [1.807, 2.05) is 0 Å². The summed E-state index contributed by atoms with van der Waals surface area (Å²) in [6.45, 7) is 1.45. The molecule has 0 aliphatic rings. The Labute approximate surface area is 109 Å². The molecule has 1 aromatic carbocycles. The number of ether oxygens (including phenoxy) is 2. The summed E-state index contributed by atoms with van der Waals surface area (Å²) in [6.07, 6.45) is 0. The van der Waals surface area contributed by atoms with Gasteiger partial charge >= 0.3 is 5.97 Å². The van der Waals surface area contributed by atoms with Crippen molar-refractivity contribution in [3.63, 3.8) is 0 Å². The van der Waals surface area contributed by atoms with Gasteiger partial charge in [0.1, 0.15) is 22.7 Å². The zero-order valence-electron chi connectivity index (χ0n) is 10.6. The molecular weight excluding hydrogens is 250 g/mol. The number of hydrogen-bond acceptors (Lipinski definition) is 5. The Balaban J connectivity index is 2.45. The number of furan rings is 1. The van der Waals surface area contributed by atoms with E-state index in [-0.39, 0.29) is 6.61 Å². The van der Waals surface area contributed by atoms with E-state index < -0.39 is 11.9 Å². The number of aryl methyl sites for hydroxylation is 1. The molecule has 6 nitrogen and oxygen atoms in total. The maximum Gasteiger partial charge on any atom is 0.342 e. The molecule has 19 heavy (non-hydrogen) atoms. The van der Waals surface area contributed by atoms with Crippen LogP contribution in [0.15, 0.2) is 22.6 Å². The molecule has 1 heterocycles. The van der Waals surface area contributed by atoms with Crippen LogP contribution >= 0.6 is 0 Å². The van der Waals surface area contributed by atoms with E-state index >= 15 is 0 Å². The van der Waals surface area contributed by atoms with Gasteiger partial charge in [0.25, 0.3) is 5.91 Å². The number of nitrogens with two attached hydrogens (primary N) is 1. The van der Waals surface area contributed by atoms with Crippen molar-refractivity contribution < 1.29 is 23.5 Å². The summed E-state index contributed by atoms with van der Waals surface area (Å²) in [4.78, 5) is 22.4. The van der Waals surface area contributed by atoms with Crippen molar-refractivity contribution in [2.45, 2.75) is 6.92 Å². The maximum atomic E-state index is 11.7. The van der Waals surface area contributed by atoms with E-state index in [1.54, 1.807) is 25.1 Å². The highest BCUT2D eigenvalue weighted by Gasteiger charge is 2.19. The number of carbonyl (C=O) groups is 2. The van der Waals surface area contributed by atoms with Crippen LogP contribution in [0.3, 0.4) is 0 Å². The van der Waals surface area contributed by atoms with Crippen LogP contribution in [0, 0.1) is 6.92 Å². The van der Waals surface area contributed by atoms with Crippen LogP contribution in [0.25, 0.3) is 11.0 Å². The quantitative estimate of drug-likeness (QED) is 0.841. The number of carbonyl (C=O) groups excluding carboxylic acids is 2. The first kappa shape index (κ1) is 12.9. The van der Waals surface area contributed by atoms with E-state index in [9.17, 15) is 9.59 Å². The first-order valence-corrected chi connectivity index (χ1v) is 5.55. The molecule has 0 saturated heterocycles. The molecule has 1 aromatic heterocycles. The third-order valence-corrected chi connectivity index (χ3v) is 2.61. The second kappa shape index (κ2) is 5.01. The standard InChI is InChI=1S/C13H13NO5/c1-7-12(13(16)17-2)9-5-8(18-6-11(14)15)3-4-10(9)19-7/h3-5H,6H2,1-2H3,(H2,14,15). The summed E-state index contributed by atoms with van der Waals surface area (Å²) in [5, 5.41) is 0.575. The van der Waals surface area contributed by atoms with Crippen molar-refractivity contribution in [1.29, 1.82) is 0 Å². The fourth-order valence-electron chi connectivity index (χ4n) is 1.80. The SMILES string of the molecule is COC(=O)c1c(C)oc2ccc(OCC(N)=O)cc12. The van der Waals surface area contributed by atoms with Gasteiger partial charge < -0.3 is 19.6 Å². The summed E-state index contributed by atoms with van der Waals surface area (Å²) in [6, 6.07) is 4.90. The lowest BCUT2D eigenvalue weighted by atomic mass is 10.1. The highest BCUT2D eigenvalue weighted by atomic mass is 16.5. The second-order valence-electron chi connectivity index (χ2n) is 3.94. The van der Waals surface area contributed by atoms with Crippen LogP contribution < -0.4 is 10.5 Å². The molecule has 2 rings (SSSR count). The molecular formula is C13H13NO5. The molecule has 2 aromatic rings. The molecule has 1 amide bonds. The number of rotatable bonds is 4. The predicted octanol–water partition coefficient (Wildman–Crippen LogP) is 1.39. The van der Waals surface area contributed by atoms with E-state index in [2.05, 4.69) is 0 Å². The second-order valence-corrected chi connectivity index (χ2v) is 3.94. The van der Waals surface area contributed by atoms with Crippen LogP contribution in [0.5, 0.6) is 5.75 Å². The fourth-order valence-corrected chi connectivity index (χ4v) is 1.80. The van der Waals surface area contributed by atoms with Crippen molar-refractivity contribution in [2.24, 2.45) is 5.73 Å². The molecule has 0 radical (unpaired) electrons. The van der Waals surface area contributed by atoms with Crippen molar-refractivity contribution in [3.8, 4) is 5.75 Å². The fraction of sp³-hybridized carbons (Fsp3) is 0.231. The van der Waals surface area contributed by atoms with E-state index in [1.165, 1.54) is 7.11 Å². The molecule has 2 N–H and O–H groups in total. The number of amides is 1. The molecule has 0 saturated carbocycles. The van der Waals surface area contributed by atoms with Gasteiger partial charge in [-0.15, -0.1) is 0 Å². The zero-order chi connectivity index (χ0) is 14.0. The monoisotopic (exact) mass is 263 g/mol. The largest absolute Gasteiger partial charge is 0.484 e. The van der Waals surface area contributed by atoms with Crippen LogP contribution in [-0.2, 0) is 9.53 Å². The smallest absolute Gasteiger partial charge is 0.342 e. The minimum Gasteiger partial charge on any atom is -0.484 e. The molecule has 0 aliphatic heterocycles. The lowest BCUT2D eigenvalue weighted by molar-refractivity contribution is -0.119. The van der Waals surface area contributed by atoms with Gasteiger partial charge in [0.05, 0.1) is 7.11 Å². The Morgan fingerprint density at radius 3 is 2.74 bits per heavy atom. The van der Waals surface area contributed by atoms with Gasteiger partial charge in [0, 0.05) is 5.39 Å². The first-order valence-electron chi connectivity index (χ1n) is 5.55. The number of hydrogen-bond donors (Lipinski definition) is 1. The van der Waals surface area contributed by atoms with Gasteiger partial charge in [0.15, 0.2) is 6.61 Å². The normalized spacial score (nSPS) is 10.4. The molecule has 100 valence electrons. The highest BCUT2D eigenvalue weighted by molar-refractivity contribution is 6.04. The summed E-state index contributed by atoms with van der Waals surface area (Å²) in [5.41, 5.74) is 5.89. The lowest BCUT2D eigenvalue weighted by Crippen LogP contribution is -2.19. The van der Waals surface area contributed by atoms with Gasteiger partial charge in [-0.05, 0) is 25.1 Å². The van der Waals surface area contributed by atoms with E-state index in [0.29, 0.717) is 28.0 Å². The van der Waals surface area contributed by atoms with Crippen LogP contribution in [0.1, 0.15) is 16.1 Å². The van der Waals surface area contributed by atoms with Gasteiger partial charge in [-0.3, -0.25) is 4.79 Å². The number of methoxy groups -OCH3 is 1. The van der Waals surface area contributed by atoms with Gasteiger partial charge in [-0.2, -0.15) is 0 Å². The Bertz CT molecular complexity index is 644. The van der Waals surface area contributed by atoms with Gasteiger partial charge in [-0.25, -0.2) is 4.79 Å². The van der Waals surface area contributed by atoms with Gasteiger partial charge in [-0.1, -0.05) is 0 Å². The van der Waals surface area contributed by atoms with Crippen molar-refractivity contribution in [1.82, 2.24) is 0 Å². The minimum atomic E-state index is -0.573. The maximum absolute atomic E-state index is 11.7. The molecule has 0 aliphatic carbocycles. The third kappa shape index (κ3) is 2.52. The lowest BCUT2D eigenvalue weighted by Gasteiger charge is -2.03. The molecule has 0 bridgehead atoms. The summed E-state index contributed by atoms with van der Waals surface area (Å²) < 4.78 is 15.3. The van der Waals surface area contributed by atoms with Crippen LogP contribution in [0.4, 0.5) is 0 Å². The Morgan fingerprint density at radius 2 is 2.11 bits per heavy atom. The summed E-state index contributed by atoms with van der Waals surface area (Å²) >= 11 is 0. The molecule has 0 atom stereocenters. The third-order valence-electron chi connectivity index (χ3n) is 2.61. The Hall–Kier alpha value is -2.50.